The van der Waals surface area contributed by atoms with Crippen LogP contribution in [0.25, 0.3) is 0 Å². The molecule has 0 aromatic heterocycles. The molecule has 2 heteroatoms. The highest BCUT2D eigenvalue weighted by molar-refractivity contribution is 4.99. The van der Waals surface area contributed by atoms with Gasteiger partial charge in [-0.1, -0.05) is 6.42 Å². The van der Waals surface area contributed by atoms with Crippen LogP contribution in [0.2, 0.25) is 0 Å². The van der Waals surface area contributed by atoms with Gasteiger partial charge in [-0.05, 0) is 25.8 Å². The van der Waals surface area contributed by atoms with Gasteiger partial charge in [0.25, 0.3) is 0 Å². The Morgan fingerprint density at radius 3 is 2.91 bits per heavy atom. The summed E-state index contributed by atoms with van der Waals surface area (Å²) in [5, 5.41) is 0. The maximum Gasteiger partial charge on any atom is 0.182 e. The van der Waals surface area contributed by atoms with Crippen molar-refractivity contribution in [2.24, 2.45) is 0 Å². The lowest BCUT2D eigenvalue weighted by molar-refractivity contribution is 0.121. The topological polar surface area (TPSA) is 12.5 Å². The van der Waals surface area contributed by atoms with E-state index in [-0.39, 0.29) is 0 Å². The van der Waals surface area contributed by atoms with Crippen LogP contribution >= 0.6 is 0 Å². The number of ether oxygens (including phenoxy) is 1. The fourth-order valence-electron chi connectivity index (χ4n) is 2.10. The van der Waals surface area contributed by atoms with Crippen LogP contribution < -0.4 is 0 Å². The van der Waals surface area contributed by atoms with Gasteiger partial charge < -0.3 is 9.64 Å². The normalized spacial score (nSPS) is 36.8. The largest absolute Gasteiger partial charge is 0.474 e. The summed E-state index contributed by atoms with van der Waals surface area (Å²) in [6.07, 6.45) is 5.61. The van der Waals surface area contributed by atoms with Crippen LogP contribution in [0.5, 0.6) is 0 Å². The summed E-state index contributed by atoms with van der Waals surface area (Å²) >= 11 is 0. The van der Waals surface area contributed by atoms with E-state index in [9.17, 15) is 0 Å². The minimum absolute atomic E-state index is 0.446. The molecule has 62 valence electrons. The third kappa shape index (κ3) is 1.01. The van der Waals surface area contributed by atoms with E-state index in [1.807, 2.05) is 0 Å². The van der Waals surface area contributed by atoms with Crippen molar-refractivity contribution < 1.29 is 4.74 Å². The zero-order valence-electron chi connectivity index (χ0n) is 7.05. The zero-order valence-corrected chi connectivity index (χ0v) is 7.05. The van der Waals surface area contributed by atoms with Gasteiger partial charge in [-0.25, -0.2) is 0 Å². The first-order valence-electron chi connectivity index (χ1n) is 4.37. The molecule has 0 aromatic carbocycles. The second kappa shape index (κ2) is 2.43. The highest BCUT2D eigenvalue weighted by atomic mass is 16.5. The molecule has 1 saturated heterocycles. The molecular weight excluding hydrogens is 138 g/mol. The minimum Gasteiger partial charge on any atom is -0.474 e. The van der Waals surface area contributed by atoms with Crippen LogP contribution in [-0.2, 0) is 4.74 Å². The van der Waals surface area contributed by atoms with Gasteiger partial charge in [-0.15, -0.1) is 0 Å². The third-order valence-electron chi connectivity index (χ3n) is 2.85. The monoisotopic (exact) mass is 153 g/mol. The molecule has 0 bridgehead atoms. The highest BCUT2D eigenvalue weighted by Gasteiger charge is 2.36. The lowest BCUT2D eigenvalue weighted by atomic mass is 9.93. The van der Waals surface area contributed by atoms with Gasteiger partial charge in [-0.3, -0.25) is 0 Å². The minimum atomic E-state index is 0.446. The number of likely N-dealkylation sites (N-methyl/N-ethyl adjacent to an activating group) is 1. The van der Waals surface area contributed by atoms with E-state index >= 15 is 0 Å². The van der Waals surface area contributed by atoms with E-state index < -0.39 is 0 Å². The average Bonchev–Trinajstić information content (AvgIpc) is 2.30. The highest BCUT2D eigenvalue weighted by Crippen LogP contribution is 2.33. The summed E-state index contributed by atoms with van der Waals surface area (Å²) in [7, 11) is 2.08. The van der Waals surface area contributed by atoms with E-state index in [0.29, 0.717) is 12.1 Å². The first kappa shape index (κ1) is 7.01. The van der Waals surface area contributed by atoms with E-state index in [1.165, 1.54) is 25.7 Å². The number of nitrogens with zero attached hydrogens (tertiary/aromatic N) is 1. The van der Waals surface area contributed by atoms with Crippen molar-refractivity contribution in [3.05, 3.63) is 12.5 Å². The van der Waals surface area contributed by atoms with Gasteiger partial charge >= 0.3 is 0 Å². The first-order valence-corrected chi connectivity index (χ1v) is 4.37. The Bertz CT molecular complexity index is 178. The summed E-state index contributed by atoms with van der Waals surface area (Å²) in [5.74, 6) is 0.863. The Kier molecular flexibility index (Phi) is 1.55. The van der Waals surface area contributed by atoms with Crippen LogP contribution in [0.1, 0.15) is 25.7 Å². The smallest absolute Gasteiger partial charge is 0.182 e. The lowest BCUT2D eigenvalue weighted by Crippen LogP contribution is -2.34. The van der Waals surface area contributed by atoms with E-state index in [2.05, 4.69) is 18.5 Å². The summed E-state index contributed by atoms with van der Waals surface area (Å²) in [6, 6.07) is 0.622. The van der Waals surface area contributed by atoms with E-state index in [0.717, 1.165) is 5.88 Å². The van der Waals surface area contributed by atoms with Crippen LogP contribution in [0, 0.1) is 0 Å². The molecule has 1 saturated carbocycles. The first-order chi connectivity index (χ1) is 5.29. The quantitative estimate of drug-likeness (QED) is 0.525. The molecule has 2 nitrogen and oxygen atoms in total. The second-order valence-electron chi connectivity index (χ2n) is 3.51. The number of fused-ring (bicyclic) bond motifs is 1. The van der Waals surface area contributed by atoms with Crippen LogP contribution in [0.15, 0.2) is 12.5 Å². The molecule has 0 aromatic rings. The van der Waals surface area contributed by atoms with E-state index in [4.69, 9.17) is 4.74 Å². The summed E-state index contributed by atoms with van der Waals surface area (Å²) in [6.45, 7) is 3.86. The number of rotatable bonds is 0. The molecular formula is C9H15NO. The van der Waals surface area contributed by atoms with Crippen molar-refractivity contribution in [1.29, 1.82) is 0 Å². The molecule has 0 radical (unpaired) electrons. The van der Waals surface area contributed by atoms with Gasteiger partial charge in [-0.2, -0.15) is 0 Å². The maximum absolute atomic E-state index is 5.61. The van der Waals surface area contributed by atoms with Gasteiger partial charge in [0.15, 0.2) is 5.88 Å². The standard InChI is InChI=1S/C9H15NO/c1-7-10(2)8-5-3-4-6-9(8)11-7/h8-9H,1,3-6H2,2H3. The second-order valence-corrected chi connectivity index (χ2v) is 3.51. The van der Waals surface area contributed by atoms with Crippen molar-refractivity contribution in [2.75, 3.05) is 7.05 Å². The molecule has 1 heterocycles. The summed E-state index contributed by atoms with van der Waals surface area (Å²) in [5.41, 5.74) is 0. The van der Waals surface area contributed by atoms with E-state index in [1.54, 1.807) is 0 Å². The predicted octanol–water partition coefficient (Wildman–Crippen LogP) is 1.73. The molecule has 1 aliphatic carbocycles. The predicted molar refractivity (Wildman–Crippen MR) is 44.0 cm³/mol. The SMILES string of the molecule is C=C1OC2CCCCC2N1C. The summed E-state index contributed by atoms with van der Waals surface area (Å²) in [4.78, 5) is 2.18. The molecule has 2 fully saturated rings. The Balaban J connectivity index is 2.11. The van der Waals surface area contributed by atoms with Crippen LogP contribution in [-0.4, -0.2) is 24.1 Å². The molecule has 2 unspecified atom stereocenters. The Morgan fingerprint density at radius 1 is 1.45 bits per heavy atom. The molecule has 0 N–H and O–H groups in total. The zero-order chi connectivity index (χ0) is 7.84. The van der Waals surface area contributed by atoms with Gasteiger partial charge in [0.1, 0.15) is 6.10 Å². The fraction of sp³-hybridized carbons (Fsp3) is 0.778. The van der Waals surface area contributed by atoms with Crippen molar-refractivity contribution in [1.82, 2.24) is 4.90 Å². The van der Waals surface area contributed by atoms with Crippen LogP contribution in [0.3, 0.4) is 0 Å². The Labute approximate surface area is 67.8 Å². The molecule has 2 aliphatic rings. The van der Waals surface area contributed by atoms with Crippen LogP contribution in [0.4, 0.5) is 0 Å². The third-order valence-corrected chi connectivity index (χ3v) is 2.85. The lowest BCUT2D eigenvalue weighted by Gasteiger charge is -2.26. The van der Waals surface area contributed by atoms with Gasteiger partial charge in [0.2, 0.25) is 0 Å². The van der Waals surface area contributed by atoms with Crippen molar-refractivity contribution in [3.8, 4) is 0 Å². The van der Waals surface area contributed by atoms with Gasteiger partial charge in [0, 0.05) is 7.05 Å². The Morgan fingerprint density at radius 2 is 2.18 bits per heavy atom. The maximum atomic E-state index is 5.61. The molecule has 2 rings (SSSR count). The molecule has 11 heavy (non-hydrogen) atoms. The van der Waals surface area contributed by atoms with Crippen molar-refractivity contribution >= 4 is 0 Å². The molecule has 0 amide bonds. The fourth-order valence-corrected chi connectivity index (χ4v) is 2.10. The summed E-state index contributed by atoms with van der Waals surface area (Å²) < 4.78 is 5.61. The number of hydrogen-bond donors (Lipinski definition) is 0. The molecule has 0 spiro atoms. The van der Waals surface area contributed by atoms with Gasteiger partial charge in [0.05, 0.1) is 6.04 Å². The average molecular weight is 153 g/mol. The molecule has 1 aliphatic heterocycles. The Hall–Kier alpha value is -0.660. The van der Waals surface area contributed by atoms with Crippen molar-refractivity contribution in [3.63, 3.8) is 0 Å². The molecule has 2 atom stereocenters. The van der Waals surface area contributed by atoms with Crippen molar-refractivity contribution in [2.45, 2.75) is 37.8 Å². The number of hydrogen-bond acceptors (Lipinski definition) is 2.